The minimum atomic E-state index is -0.422. The van der Waals surface area contributed by atoms with E-state index in [1.165, 1.54) is 6.07 Å². The first kappa shape index (κ1) is 10.1. The van der Waals surface area contributed by atoms with E-state index in [9.17, 15) is 10.1 Å². The zero-order valence-electron chi connectivity index (χ0n) is 8.00. The van der Waals surface area contributed by atoms with Gasteiger partial charge in [0.1, 0.15) is 5.69 Å². The minimum absolute atomic E-state index is 0.0640. The predicted molar refractivity (Wildman–Crippen MR) is 55.2 cm³/mol. The summed E-state index contributed by atoms with van der Waals surface area (Å²) in [5.74, 6) is 5.57. The van der Waals surface area contributed by atoms with Crippen molar-refractivity contribution >= 4 is 11.4 Å². The number of nitrogens with zero attached hydrogens (tertiary/aromatic N) is 1. The molecule has 4 heteroatoms. The first-order chi connectivity index (χ1) is 6.69. The molecule has 4 nitrogen and oxygen atoms in total. The Balaban J connectivity index is 3.22. The summed E-state index contributed by atoms with van der Waals surface area (Å²) >= 11 is 0. The molecule has 0 aliphatic rings. The summed E-state index contributed by atoms with van der Waals surface area (Å²) in [5.41, 5.74) is 1.31. The standard InChI is InChI=1S/C10H10N2O2/c1-3-4-8-5-6-10(12(13)14)9(7-8)11-2/h5-7,11H,1-2H3. The fraction of sp³-hybridized carbons (Fsp3) is 0.200. The molecule has 1 aromatic carbocycles. The number of benzene rings is 1. The lowest BCUT2D eigenvalue weighted by molar-refractivity contribution is -0.383. The smallest absolute Gasteiger partial charge is 0.292 e. The maximum atomic E-state index is 10.6. The van der Waals surface area contributed by atoms with Crippen molar-refractivity contribution in [2.24, 2.45) is 0 Å². The Morgan fingerprint density at radius 2 is 2.21 bits per heavy atom. The van der Waals surface area contributed by atoms with Gasteiger partial charge in [-0.2, -0.15) is 0 Å². The Bertz CT molecular complexity index is 416. The van der Waals surface area contributed by atoms with Gasteiger partial charge >= 0.3 is 0 Å². The molecule has 0 spiro atoms. The molecule has 14 heavy (non-hydrogen) atoms. The van der Waals surface area contributed by atoms with E-state index in [-0.39, 0.29) is 5.69 Å². The van der Waals surface area contributed by atoms with E-state index >= 15 is 0 Å². The third-order valence-electron chi connectivity index (χ3n) is 1.73. The van der Waals surface area contributed by atoms with Crippen LogP contribution >= 0.6 is 0 Å². The quantitative estimate of drug-likeness (QED) is 0.441. The first-order valence-electron chi connectivity index (χ1n) is 4.08. The van der Waals surface area contributed by atoms with Gasteiger partial charge in [0.05, 0.1) is 4.92 Å². The minimum Gasteiger partial charge on any atom is -0.383 e. The lowest BCUT2D eigenvalue weighted by Gasteiger charge is -2.01. The predicted octanol–water partition coefficient (Wildman–Crippen LogP) is 2.01. The molecule has 1 N–H and O–H groups in total. The Hall–Kier alpha value is -2.02. The summed E-state index contributed by atoms with van der Waals surface area (Å²) in [4.78, 5) is 10.2. The molecule has 72 valence electrons. The van der Waals surface area contributed by atoms with Crippen LogP contribution in [-0.2, 0) is 0 Å². The lowest BCUT2D eigenvalue weighted by Crippen LogP contribution is -1.96. The molecule has 0 radical (unpaired) electrons. The third-order valence-corrected chi connectivity index (χ3v) is 1.73. The molecule has 0 bridgehead atoms. The van der Waals surface area contributed by atoms with E-state index in [1.54, 1.807) is 26.1 Å². The summed E-state index contributed by atoms with van der Waals surface area (Å²) in [7, 11) is 1.64. The Morgan fingerprint density at radius 3 is 2.71 bits per heavy atom. The fourth-order valence-corrected chi connectivity index (χ4v) is 1.12. The third kappa shape index (κ3) is 2.02. The van der Waals surface area contributed by atoms with Crippen LogP contribution in [0.2, 0.25) is 0 Å². The highest BCUT2D eigenvalue weighted by Crippen LogP contribution is 2.24. The van der Waals surface area contributed by atoms with Gasteiger partial charge in [-0.15, -0.1) is 5.92 Å². The number of hydrogen-bond acceptors (Lipinski definition) is 3. The van der Waals surface area contributed by atoms with Crippen LogP contribution < -0.4 is 5.32 Å². The van der Waals surface area contributed by atoms with Gasteiger partial charge in [0.2, 0.25) is 0 Å². The molecule has 0 aliphatic heterocycles. The summed E-state index contributed by atoms with van der Waals surface area (Å²) in [6.07, 6.45) is 0. The van der Waals surface area contributed by atoms with Crippen molar-refractivity contribution in [3.63, 3.8) is 0 Å². The van der Waals surface area contributed by atoms with E-state index in [0.717, 1.165) is 5.56 Å². The van der Waals surface area contributed by atoms with Gasteiger partial charge in [-0.05, 0) is 19.1 Å². The monoisotopic (exact) mass is 190 g/mol. The highest BCUT2D eigenvalue weighted by Gasteiger charge is 2.11. The molecule has 0 aromatic heterocycles. The second-order valence-electron chi connectivity index (χ2n) is 2.61. The molecule has 1 rings (SSSR count). The lowest BCUT2D eigenvalue weighted by atomic mass is 10.2. The highest BCUT2D eigenvalue weighted by molar-refractivity contribution is 5.64. The maximum Gasteiger partial charge on any atom is 0.292 e. The normalized spacial score (nSPS) is 8.71. The van der Waals surface area contributed by atoms with Crippen molar-refractivity contribution in [1.82, 2.24) is 0 Å². The van der Waals surface area contributed by atoms with E-state index < -0.39 is 4.92 Å². The molecule has 1 aromatic rings. The van der Waals surface area contributed by atoms with Gasteiger partial charge in [0.25, 0.3) is 5.69 Å². The summed E-state index contributed by atoms with van der Waals surface area (Å²) in [5, 5.41) is 13.3. The number of hydrogen-bond donors (Lipinski definition) is 1. The van der Waals surface area contributed by atoms with Crippen LogP contribution in [0.5, 0.6) is 0 Å². The van der Waals surface area contributed by atoms with Crippen LogP contribution in [0.4, 0.5) is 11.4 Å². The van der Waals surface area contributed by atoms with Gasteiger partial charge in [0.15, 0.2) is 0 Å². The number of nitro groups is 1. The molecule has 0 atom stereocenters. The van der Waals surface area contributed by atoms with E-state index in [2.05, 4.69) is 17.2 Å². The van der Waals surface area contributed by atoms with Crippen LogP contribution in [0, 0.1) is 22.0 Å². The average Bonchev–Trinajstić information content (AvgIpc) is 2.17. The number of nitrogens with one attached hydrogen (secondary N) is 1. The maximum absolute atomic E-state index is 10.6. The second-order valence-corrected chi connectivity index (χ2v) is 2.61. The Kier molecular flexibility index (Phi) is 3.08. The number of rotatable bonds is 2. The first-order valence-corrected chi connectivity index (χ1v) is 4.08. The molecule has 0 saturated carbocycles. The van der Waals surface area contributed by atoms with Crippen LogP contribution in [0.3, 0.4) is 0 Å². The van der Waals surface area contributed by atoms with Gasteiger partial charge < -0.3 is 5.32 Å². The molecule has 0 saturated heterocycles. The number of anilines is 1. The van der Waals surface area contributed by atoms with E-state index in [1.807, 2.05) is 0 Å². The van der Waals surface area contributed by atoms with Crippen LogP contribution in [0.1, 0.15) is 12.5 Å². The van der Waals surface area contributed by atoms with E-state index in [4.69, 9.17) is 0 Å². The van der Waals surface area contributed by atoms with Crippen molar-refractivity contribution in [3.8, 4) is 11.8 Å². The average molecular weight is 190 g/mol. The van der Waals surface area contributed by atoms with Crippen molar-refractivity contribution in [2.75, 3.05) is 12.4 Å². The zero-order chi connectivity index (χ0) is 10.6. The van der Waals surface area contributed by atoms with Crippen molar-refractivity contribution in [3.05, 3.63) is 33.9 Å². The fourth-order valence-electron chi connectivity index (χ4n) is 1.12. The molecular formula is C10H10N2O2. The number of nitro benzene ring substituents is 1. The molecular weight excluding hydrogens is 180 g/mol. The topological polar surface area (TPSA) is 55.2 Å². The van der Waals surface area contributed by atoms with Gasteiger partial charge in [0, 0.05) is 18.7 Å². The van der Waals surface area contributed by atoms with Gasteiger partial charge in [-0.1, -0.05) is 5.92 Å². The van der Waals surface area contributed by atoms with Crippen LogP contribution in [0.25, 0.3) is 0 Å². The van der Waals surface area contributed by atoms with Gasteiger partial charge in [-0.3, -0.25) is 10.1 Å². The molecule has 0 heterocycles. The van der Waals surface area contributed by atoms with Crippen molar-refractivity contribution in [1.29, 1.82) is 0 Å². The second kappa shape index (κ2) is 4.28. The SMILES string of the molecule is CC#Cc1ccc([N+](=O)[O-])c(NC)c1. The van der Waals surface area contributed by atoms with Crippen molar-refractivity contribution < 1.29 is 4.92 Å². The molecule has 0 amide bonds. The molecule has 0 aliphatic carbocycles. The van der Waals surface area contributed by atoms with Crippen LogP contribution in [0.15, 0.2) is 18.2 Å². The summed E-state index contributed by atoms with van der Waals surface area (Å²) in [6, 6.07) is 4.75. The largest absolute Gasteiger partial charge is 0.383 e. The zero-order valence-corrected chi connectivity index (χ0v) is 8.00. The molecule has 0 fully saturated rings. The summed E-state index contributed by atoms with van der Waals surface area (Å²) < 4.78 is 0. The van der Waals surface area contributed by atoms with E-state index in [0.29, 0.717) is 5.69 Å². The van der Waals surface area contributed by atoms with Crippen molar-refractivity contribution in [2.45, 2.75) is 6.92 Å². The van der Waals surface area contributed by atoms with Crippen LogP contribution in [-0.4, -0.2) is 12.0 Å². The Labute approximate surface area is 82.1 Å². The Morgan fingerprint density at radius 1 is 1.50 bits per heavy atom. The molecule has 0 unspecified atom stereocenters. The highest BCUT2D eigenvalue weighted by atomic mass is 16.6. The van der Waals surface area contributed by atoms with Gasteiger partial charge in [-0.25, -0.2) is 0 Å². The summed E-state index contributed by atoms with van der Waals surface area (Å²) in [6.45, 7) is 1.72.